The number of urea groups is 1. The van der Waals surface area contributed by atoms with Crippen molar-refractivity contribution >= 4 is 17.6 Å². The van der Waals surface area contributed by atoms with E-state index < -0.39 is 36.0 Å². The van der Waals surface area contributed by atoms with Gasteiger partial charge in [-0.2, -0.15) is 13.2 Å². The van der Waals surface area contributed by atoms with Gasteiger partial charge >= 0.3 is 12.2 Å². The molecule has 2 amide bonds. The van der Waals surface area contributed by atoms with Crippen LogP contribution in [-0.2, 0) is 12.7 Å². The maximum atomic E-state index is 13.4. The zero-order chi connectivity index (χ0) is 26.3. The zero-order valence-corrected chi connectivity index (χ0v) is 20.6. The molecule has 0 spiro atoms. The first-order valence-corrected chi connectivity index (χ1v) is 12.2. The molecular weight excluding hydrogens is 511 g/mol. The van der Waals surface area contributed by atoms with Crippen molar-refractivity contribution < 1.29 is 27.8 Å². The Bertz CT molecular complexity index is 1300. The van der Waals surface area contributed by atoms with E-state index in [0.29, 0.717) is 35.2 Å². The monoisotopic (exact) mass is 535 g/mol. The third-order valence-corrected chi connectivity index (χ3v) is 6.99. The third kappa shape index (κ3) is 5.24. The van der Waals surface area contributed by atoms with Crippen LogP contribution < -0.4 is 10.1 Å². The second kappa shape index (κ2) is 9.86. The van der Waals surface area contributed by atoms with Crippen LogP contribution in [0.2, 0.25) is 5.02 Å². The number of carbonyl (C=O) groups excluding carboxylic acids is 1. The van der Waals surface area contributed by atoms with E-state index in [0.717, 1.165) is 17.7 Å². The highest BCUT2D eigenvalue weighted by Gasteiger charge is 2.40. The molecule has 0 saturated carbocycles. The van der Waals surface area contributed by atoms with Crippen LogP contribution in [0.5, 0.6) is 5.75 Å². The first kappa shape index (κ1) is 25.3. The number of halogens is 4. The van der Waals surface area contributed by atoms with Gasteiger partial charge in [0.1, 0.15) is 11.6 Å². The van der Waals surface area contributed by atoms with E-state index in [-0.39, 0.29) is 25.3 Å². The van der Waals surface area contributed by atoms with Crippen LogP contribution in [0.25, 0.3) is 0 Å². The molecule has 0 bridgehead atoms. The predicted octanol–water partition coefficient (Wildman–Crippen LogP) is 4.65. The fourth-order valence-electron chi connectivity index (χ4n) is 4.84. The molecule has 2 aliphatic heterocycles. The van der Waals surface area contributed by atoms with Crippen molar-refractivity contribution in [3.63, 3.8) is 0 Å². The molecule has 3 heterocycles. The predicted molar refractivity (Wildman–Crippen MR) is 128 cm³/mol. The molecule has 2 N–H and O–H groups in total. The summed E-state index contributed by atoms with van der Waals surface area (Å²) in [5.41, 5.74) is 0.641. The first-order valence-electron chi connectivity index (χ1n) is 11.8. The minimum Gasteiger partial charge on any atom is -0.493 e. The van der Waals surface area contributed by atoms with Gasteiger partial charge in [0.25, 0.3) is 0 Å². The van der Waals surface area contributed by atoms with Gasteiger partial charge in [0.05, 0.1) is 36.9 Å². The summed E-state index contributed by atoms with van der Waals surface area (Å²) >= 11 is 6.00. The van der Waals surface area contributed by atoms with E-state index in [2.05, 4.69) is 15.5 Å². The van der Waals surface area contributed by atoms with E-state index in [1.165, 1.54) is 11.0 Å². The Kier molecular flexibility index (Phi) is 6.76. The van der Waals surface area contributed by atoms with Crippen LogP contribution in [0.4, 0.5) is 18.0 Å². The third-order valence-electron chi connectivity index (χ3n) is 6.73. The Morgan fingerprint density at radius 2 is 1.97 bits per heavy atom. The fourth-order valence-corrected chi connectivity index (χ4v) is 4.97. The van der Waals surface area contributed by atoms with Crippen LogP contribution >= 0.6 is 11.6 Å². The second-order valence-corrected chi connectivity index (χ2v) is 9.70. The van der Waals surface area contributed by atoms with Gasteiger partial charge in [-0.15, -0.1) is 10.2 Å². The second-order valence-electron chi connectivity index (χ2n) is 9.27. The Balaban J connectivity index is 1.37. The molecule has 8 nitrogen and oxygen atoms in total. The quantitative estimate of drug-likeness (QED) is 0.507. The van der Waals surface area contributed by atoms with Gasteiger partial charge in [0, 0.05) is 30.0 Å². The van der Waals surface area contributed by atoms with Gasteiger partial charge in [-0.1, -0.05) is 29.8 Å². The Hall–Kier alpha value is -3.31. The largest absolute Gasteiger partial charge is 0.493 e. The number of carbonyl (C=O) groups is 1. The van der Waals surface area contributed by atoms with Gasteiger partial charge in [-0.3, -0.25) is 0 Å². The van der Waals surface area contributed by atoms with E-state index in [9.17, 15) is 23.1 Å². The van der Waals surface area contributed by atoms with Crippen LogP contribution in [0.1, 0.15) is 53.3 Å². The van der Waals surface area contributed by atoms with Crippen molar-refractivity contribution in [1.29, 1.82) is 0 Å². The SMILES string of the molecule is Cc1nnc([C@H]2C[C@@H](O)CN2C(=O)NC2CCOc3cc(C(F)(F)F)ccc32)n1Cc1ccc(Cl)cc1. The minimum atomic E-state index is -4.49. The number of hydrogen-bond donors (Lipinski definition) is 2. The van der Waals surface area contributed by atoms with Gasteiger partial charge in [0.15, 0.2) is 5.82 Å². The molecule has 0 aliphatic carbocycles. The van der Waals surface area contributed by atoms with Crippen LogP contribution in [0, 0.1) is 6.92 Å². The normalized spacial score (nSPS) is 21.5. The molecule has 0 radical (unpaired) electrons. The van der Waals surface area contributed by atoms with Gasteiger partial charge < -0.3 is 24.6 Å². The summed E-state index contributed by atoms with van der Waals surface area (Å²) in [7, 11) is 0. The summed E-state index contributed by atoms with van der Waals surface area (Å²) in [6, 6.07) is 9.13. The molecule has 3 aromatic rings. The summed E-state index contributed by atoms with van der Waals surface area (Å²) in [5.74, 6) is 1.30. The number of aliphatic hydroxyl groups excluding tert-OH is 1. The highest BCUT2D eigenvalue weighted by molar-refractivity contribution is 6.30. The van der Waals surface area contributed by atoms with Crippen molar-refractivity contribution in [1.82, 2.24) is 25.0 Å². The van der Waals surface area contributed by atoms with Crippen LogP contribution in [0.3, 0.4) is 0 Å². The molecule has 1 aromatic heterocycles. The molecule has 12 heteroatoms. The number of alkyl halides is 3. The molecule has 2 aliphatic rings. The molecule has 1 saturated heterocycles. The number of aromatic nitrogens is 3. The molecule has 1 fully saturated rings. The van der Waals surface area contributed by atoms with Crippen molar-refractivity contribution in [3.05, 3.63) is 75.8 Å². The van der Waals surface area contributed by atoms with E-state index in [1.807, 2.05) is 23.6 Å². The number of amides is 2. The molecule has 196 valence electrons. The van der Waals surface area contributed by atoms with E-state index in [4.69, 9.17) is 16.3 Å². The average molecular weight is 536 g/mol. The fraction of sp³-hybridized carbons (Fsp3) is 0.400. The number of aryl methyl sites for hydroxylation is 1. The highest BCUT2D eigenvalue weighted by Crippen LogP contribution is 2.39. The maximum Gasteiger partial charge on any atom is 0.416 e. The van der Waals surface area contributed by atoms with Gasteiger partial charge in [-0.05, 0) is 36.8 Å². The van der Waals surface area contributed by atoms with E-state index >= 15 is 0 Å². The number of ether oxygens (including phenoxy) is 1. The standard InChI is InChI=1S/C25H25ClF3N5O3/c1-14-31-32-23(33(14)12-15-2-5-17(26)6-3-15)21-11-18(35)13-34(21)24(36)30-20-8-9-37-22-10-16(25(27,28)29)4-7-19(20)22/h2-7,10,18,20-21,35H,8-9,11-13H2,1H3,(H,30,36)/t18-,20?,21-/m1/s1. The molecule has 3 atom stereocenters. The summed E-state index contributed by atoms with van der Waals surface area (Å²) in [6.45, 7) is 2.53. The van der Waals surface area contributed by atoms with Crippen molar-refractivity contribution in [2.24, 2.45) is 0 Å². The number of rotatable bonds is 4. The number of nitrogens with one attached hydrogen (secondary N) is 1. The van der Waals surface area contributed by atoms with E-state index in [1.54, 1.807) is 12.1 Å². The van der Waals surface area contributed by atoms with Gasteiger partial charge in [-0.25, -0.2) is 4.79 Å². The summed E-state index contributed by atoms with van der Waals surface area (Å²) in [6.07, 6.45) is -4.57. The topological polar surface area (TPSA) is 92.5 Å². The number of hydrogen-bond acceptors (Lipinski definition) is 5. The Morgan fingerprint density at radius 3 is 2.70 bits per heavy atom. The minimum absolute atomic E-state index is 0.0897. The first-order chi connectivity index (χ1) is 17.6. The smallest absolute Gasteiger partial charge is 0.416 e. The lowest BCUT2D eigenvalue weighted by Crippen LogP contribution is -2.43. The molecular formula is C25H25ClF3N5O3. The Labute approximate surface area is 216 Å². The maximum absolute atomic E-state index is 13.4. The average Bonchev–Trinajstić information content (AvgIpc) is 3.42. The van der Waals surface area contributed by atoms with Crippen molar-refractivity contribution in [3.8, 4) is 5.75 Å². The van der Waals surface area contributed by atoms with Crippen molar-refractivity contribution in [2.45, 2.75) is 50.7 Å². The highest BCUT2D eigenvalue weighted by atomic mass is 35.5. The number of fused-ring (bicyclic) bond motifs is 1. The number of aliphatic hydroxyl groups is 1. The number of nitrogens with zero attached hydrogens (tertiary/aromatic N) is 4. The summed E-state index contributed by atoms with van der Waals surface area (Å²) in [5, 5.41) is 22.5. The Morgan fingerprint density at radius 1 is 1.22 bits per heavy atom. The summed E-state index contributed by atoms with van der Waals surface area (Å²) in [4.78, 5) is 14.9. The molecule has 5 rings (SSSR count). The molecule has 37 heavy (non-hydrogen) atoms. The molecule has 1 unspecified atom stereocenters. The lowest BCUT2D eigenvalue weighted by molar-refractivity contribution is -0.137. The molecule has 2 aromatic carbocycles. The number of benzene rings is 2. The lowest BCUT2D eigenvalue weighted by atomic mass is 9.98. The summed E-state index contributed by atoms with van der Waals surface area (Å²) < 4.78 is 46.7. The van der Waals surface area contributed by atoms with Gasteiger partial charge in [0.2, 0.25) is 0 Å². The number of likely N-dealkylation sites (tertiary alicyclic amines) is 1. The van der Waals surface area contributed by atoms with Crippen LogP contribution in [-0.4, -0.2) is 50.1 Å². The zero-order valence-electron chi connectivity index (χ0n) is 19.9. The van der Waals surface area contributed by atoms with Crippen molar-refractivity contribution in [2.75, 3.05) is 13.2 Å². The van der Waals surface area contributed by atoms with Crippen LogP contribution in [0.15, 0.2) is 42.5 Å². The lowest BCUT2D eigenvalue weighted by Gasteiger charge is -2.31. The number of β-amino-alcohol motifs (C(OH)–C–C–N with tert-alkyl or cyclic N) is 1.